The van der Waals surface area contributed by atoms with Crippen molar-refractivity contribution in [2.75, 3.05) is 5.43 Å². The van der Waals surface area contributed by atoms with E-state index < -0.39 is 0 Å². The summed E-state index contributed by atoms with van der Waals surface area (Å²) in [6.45, 7) is 3.99. The predicted molar refractivity (Wildman–Crippen MR) is 82.1 cm³/mol. The highest BCUT2D eigenvalue weighted by molar-refractivity contribution is 9.10. The fourth-order valence-corrected chi connectivity index (χ4v) is 2.33. The van der Waals surface area contributed by atoms with Gasteiger partial charge in [-0.05, 0) is 47.5 Å². The van der Waals surface area contributed by atoms with Crippen LogP contribution >= 0.6 is 27.5 Å². The van der Waals surface area contributed by atoms with Gasteiger partial charge >= 0.3 is 0 Å². The molecule has 1 heterocycles. The molecule has 0 saturated heterocycles. The van der Waals surface area contributed by atoms with Crippen LogP contribution < -0.4 is 11.3 Å². The second-order valence-corrected chi connectivity index (χ2v) is 5.35. The van der Waals surface area contributed by atoms with Crippen molar-refractivity contribution in [2.45, 2.75) is 20.3 Å². The number of hydrogen-bond donors (Lipinski definition) is 2. The quantitative estimate of drug-likeness (QED) is 0.660. The zero-order valence-electron chi connectivity index (χ0n) is 10.7. The van der Waals surface area contributed by atoms with Gasteiger partial charge in [0, 0.05) is 21.3 Å². The fraction of sp³-hybridized carbons (Fsp3) is 0.231. The van der Waals surface area contributed by atoms with Gasteiger partial charge in [-0.2, -0.15) is 0 Å². The first-order valence-corrected chi connectivity index (χ1v) is 7.03. The van der Waals surface area contributed by atoms with Crippen molar-refractivity contribution >= 4 is 33.3 Å². The molecule has 0 saturated carbocycles. The number of anilines is 1. The zero-order chi connectivity index (χ0) is 14.0. The Bertz CT molecular complexity index is 616. The van der Waals surface area contributed by atoms with E-state index in [1.165, 1.54) is 0 Å². The minimum absolute atomic E-state index is 0.608. The monoisotopic (exact) mass is 340 g/mol. The molecule has 100 valence electrons. The molecule has 0 bridgehead atoms. The highest BCUT2D eigenvalue weighted by Gasteiger charge is 2.11. The topological polar surface area (TPSA) is 63.8 Å². The standard InChI is InChI=1S/C13H14BrClN4/c1-3-9-7(2)17-12(18-13(9)19-16)8-4-5-10(14)11(15)6-8/h4-6H,3,16H2,1-2H3,(H,17,18,19). The third kappa shape index (κ3) is 2.88. The number of hydrazine groups is 1. The summed E-state index contributed by atoms with van der Waals surface area (Å²) in [6.07, 6.45) is 0.826. The fourth-order valence-electron chi connectivity index (χ4n) is 1.90. The highest BCUT2D eigenvalue weighted by Crippen LogP contribution is 2.28. The molecule has 6 heteroatoms. The summed E-state index contributed by atoms with van der Waals surface area (Å²) in [7, 11) is 0. The molecule has 0 aliphatic carbocycles. The minimum atomic E-state index is 0.608. The van der Waals surface area contributed by atoms with E-state index in [9.17, 15) is 0 Å². The molecule has 0 amide bonds. The first kappa shape index (κ1) is 14.2. The maximum Gasteiger partial charge on any atom is 0.161 e. The maximum absolute atomic E-state index is 6.09. The molecule has 0 fully saturated rings. The van der Waals surface area contributed by atoms with E-state index >= 15 is 0 Å². The van der Waals surface area contributed by atoms with Gasteiger partial charge in [0.15, 0.2) is 5.82 Å². The molecular formula is C13H14BrClN4. The van der Waals surface area contributed by atoms with Gasteiger partial charge in [0.1, 0.15) is 5.82 Å². The Hall–Kier alpha value is -1.17. The molecule has 0 aliphatic heterocycles. The van der Waals surface area contributed by atoms with Crippen molar-refractivity contribution in [2.24, 2.45) is 5.84 Å². The number of halogens is 2. The lowest BCUT2D eigenvalue weighted by molar-refractivity contribution is 0.995. The van der Waals surface area contributed by atoms with E-state index in [1.54, 1.807) is 0 Å². The Labute approximate surface area is 125 Å². The molecule has 1 aromatic carbocycles. The number of nitrogens with zero attached hydrogens (tertiary/aromatic N) is 2. The van der Waals surface area contributed by atoms with Crippen molar-refractivity contribution in [1.82, 2.24) is 9.97 Å². The van der Waals surface area contributed by atoms with Crippen molar-refractivity contribution in [3.63, 3.8) is 0 Å². The number of benzene rings is 1. The number of aryl methyl sites for hydroxylation is 1. The van der Waals surface area contributed by atoms with Crippen molar-refractivity contribution in [3.8, 4) is 11.4 Å². The van der Waals surface area contributed by atoms with Gasteiger partial charge in [-0.25, -0.2) is 15.8 Å². The number of nitrogens with one attached hydrogen (secondary N) is 1. The van der Waals surface area contributed by atoms with Gasteiger partial charge in [-0.1, -0.05) is 18.5 Å². The Morgan fingerprint density at radius 2 is 2.11 bits per heavy atom. The highest BCUT2D eigenvalue weighted by atomic mass is 79.9. The third-order valence-electron chi connectivity index (χ3n) is 2.88. The molecular weight excluding hydrogens is 328 g/mol. The summed E-state index contributed by atoms with van der Waals surface area (Å²) >= 11 is 9.46. The summed E-state index contributed by atoms with van der Waals surface area (Å²) in [5, 5.41) is 0.626. The Morgan fingerprint density at radius 1 is 1.37 bits per heavy atom. The van der Waals surface area contributed by atoms with E-state index in [0.717, 1.165) is 27.7 Å². The molecule has 0 radical (unpaired) electrons. The van der Waals surface area contributed by atoms with E-state index in [4.69, 9.17) is 17.4 Å². The average molecular weight is 342 g/mol. The van der Waals surface area contributed by atoms with E-state index in [1.807, 2.05) is 32.0 Å². The molecule has 2 aromatic rings. The van der Waals surface area contributed by atoms with Gasteiger partial charge < -0.3 is 5.43 Å². The molecule has 2 rings (SSSR count). The maximum atomic E-state index is 6.09. The van der Waals surface area contributed by atoms with Gasteiger partial charge in [0.25, 0.3) is 0 Å². The number of rotatable bonds is 3. The molecule has 19 heavy (non-hydrogen) atoms. The van der Waals surface area contributed by atoms with Gasteiger partial charge in [0.2, 0.25) is 0 Å². The molecule has 0 atom stereocenters. The van der Waals surface area contributed by atoms with Gasteiger partial charge in [-0.3, -0.25) is 0 Å². The Balaban J connectivity index is 2.56. The minimum Gasteiger partial charge on any atom is -0.308 e. The summed E-state index contributed by atoms with van der Waals surface area (Å²) in [5.74, 6) is 6.79. The molecule has 0 aliphatic rings. The van der Waals surface area contributed by atoms with Crippen LogP contribution in [-0.2, 0) is 6.42 Å². The van der Waals surface area contributed by atoms with Crippen LogP contribution in [0.3, 0.4) is 0 Å². The van der Waals surface area contributed by atoms with Crippen LogP contribution in [0.4, 0.5) is 5.82 Å². The smallest absolute Gasteiger partial charge is 0.161 e. The molecule has 3 N–H and O–H groups in total. The lowest BCUT2D eigenvalue weighted by atomic mass is 10.1. The zero-order valence-corrected chi connectivity index (χ0v) is 13.0. The lowest BCUT2D eigenvalue weighted by Gasteiger charge is -2.11. The van der Waals surface area contributed by atoms with Crippen LogP contribution in [0.1, 0.15) is 18.2 Å². The first-order valence-electron chi connectivity index (χ1n) is 5.86. The van der Waals surface area contributed by atoms with Crippen LogP contribution in [0.2, 0.25) is 5.02 Å². The third-order valence-corrected chi connectivity index (χ3v) is 4.11. The average Bonchev–Trinajstić information content (AvgIpc) is 2.40. The number of hydrogen-bond acceptors (Lipinski definition) is 4. The van der Waals surface area contributed by atoms with Crippen molar-refractivity contribution < 1.29 is 0 Å². The molecule has 0 unspecified atom stereocenters. The normalized spacial score (nSPS) is 10.6. The second kappa shape index (κ2) is 5.86. The Morgan fingerprint density at radius 3 is 2.68 bits per heavy atom. The van der Waals surface area contributed by atoms with Crippen LogP contribution in [0.25, 0.3) is 11.4 Å². The largest absolute Gasteiger partial charge is 0.308 e. The SMILES string of the molecule is CCc1c(C)nc(-c2ccc(Br)c(Cl)c2)nc1NN. The van der Waals surface area contributed by atoms with Crippen LogP contribution in [0.15, 0.2) is 22.7 Å². The van der Waals surface area contributed by atoms with E-state index in [-0.39, 0.29) is 0 Å². The van der Waals surface area contributed by atoms with Gasteiger partial charge in [-0.15, -0.1) is 0 Å². The van der Waals surface area contributed by atoms with Gasteiger partial charge in [0.05, 0.1) is 5.02 Å². The summed E-state index contributed by atoms with van der Waals surface area (Å²) in [6, 6.07) is 5.61. The number of nitrogen functional groups attached to an aromatic ring is 1. The molecule has 1 aromatic heterocycles. The Kier molecular flexibility index (Phi) is 4.39. The molecule has 0 spiro atoms. The lowest BCUT2D eigenvalue weighted by Crippen LogP contribution is -2.13. The van der Waals surface area contributed by atoms with Crippen molar-refractivity contribution in [3.05, 3.63) is 39.0 Å². The summed E-state index contributed by atoms with van der Waals surface area (Å²) in [4.78, 5) is 8.96. The van der Waals surface area contributed by atoms with Crippen LogP contribution in [-0.4, -0.2) is 9.97 Å². The van der Waals surface area contributed by atoms with Crippen molar-refractivity contribution in [1.29, 1.82) is 0 Å². The van der Waals surface area contributed by atoms with Crippen LogP contribution in [0.5, 0.6) is 0 Å². The summed E-state index contributed by atoms with van der Waals surface area (Å²) in [5.41, 5.74) is 5.43. The van der Waals surface area contributed by atoms with Crippen LogP contribution in [0, 0.1) is 6.92 Å². The number of nitrogens with two attached hydrogens (primary N) is 1. The second-order valence-electron chi connectivity index (χ2n) is 4.09. The van der Waals surface area contributed by atoms with E-state index in [2.05, 4.69) is 31.3 Å². The predicted octanol–water partition coefficient (Wildman–Crippen LogP) is 3.72. The van der Waals surface area contributed by atoms with E-state index in [0.29, 0.717) is 16.7 Å². The number of aromatic nitrogens is 2. The first-order chi connectivity index (χ1) is 9.06. The summed E-state index contributed by atoms with van der Waals surface area (Å²) < 4.78 is 0.844. The molecule has 4 nitrogen and oxygen atoms in total.